The van der Waals surface area contributed by atoms with Crippen LogP contribution in [-0.2, 0) is 0 Å². The summed E-state index contributed by atoms with van der Waals surface area (Å²) in [6.45, 7) is 2.17. The largest absolute Gasteiger partial charge is 0.367 e. The van der Waals surface area contributed by atoms with Gasteiger partial charge in [-0.15, -0.1) is 0 Å². The van der Waals surface area contributed by atoms with E-state index in [9.17, 15) is 4.79 Å². The lowest BCUT2D eigenvalue weighted by Gasteiger charge is -1.97. The van der Waals surface area contributed by atoms with Crippen LogP contribution < -0.4 is 0 Å². The SMILES string of the molecule is CCCCCCC(=O)c1cc[nH]c1. The third-order valence-electron chi connectivity index (χ3n) is 2.18. The van der Waals surface area contributed by atoms with Crippen LogP contribution >= 0.6 is 0 Å². The number of hydrogen-bond acceptors (Lipinski definition) is 1. The summed E-state index contributed by atoms with van der Waals surface area (Å²) in [4.78, 5) is 14.3. The molecule has 0 unspecified atom stereocenters. The van der Waals surface area contributed by atoms with Crippen molar-refractivity contribution in [1.29, 1.82) is 0 Å². The van der Waals surface area contributed by atoms with E-state index in [0.717, 1.165) is 12.0 Å². The second-order valence-electron chi connectivity index (χ2n) is 3.33. The zero-order valence-corrected chi connectivity index (χ0v) is 8.18. The summed E-state index contributed by atoms with van der Waals surface area (Å²) in [7, 11) is 0. The molecule has 0 atom stereocenters. The van der Waals surface area contributed by atoms with Gasteiger partial charge in [-0.25, -0.2) is 0 Å². The monoisotopic (exact) mass is 179 g/mol. The van der Waals surface area contributed by atoms with Gasteiger partial charge < -0.3 is 4.98 Å². The van der Waals surface area contributed by atoms with Crippen molar-refractivity contribution in [1.82, 2.24) is 4.98 Å². The fourth-order valence-corrected chi connectivity index (χ4v) is 1.35. The molecule has 0 bridgehead atoms. The van der Waals surface area contributed by atoms with Gasteiger partial charge in [0.05, 0.1) is 0 Å². The quantitative estimate of drug-likeness (QED) is 0.528. The summed E-state index contributed by atoms with van der Waals surface area (Å²) in [6.07, 6.45) is 8.91. The Morgan fingerprint density at radius 1 is 1.38 bits per heavy atom. The number of carbonyl (C=O) groups excluding carboxylic acids is 1. The molecule has 2 nitrogen and oxygen atoms in total. The first-order valence-electron chi connectivity index (χ1n) is 5.00. The highest BCUT2D eigenvalue weighted by Gasteiger charge is 2.04. The Balaban J connectivity index is 2.19. The Kier molecular flexibility index (Phi) is 4.30. The molecule has 1 N–H and O–H groups in total. The number of nitrogens with one attached hydrogen (secondary N) is 1. The number of rotatable bonds is 6. The predicted molar refractivity (Wildman–Crippen MR) is 53.9 cm³/mol. The maximum absolute atomic E-state index is 11.4. The zero-order valence-electron chi connectivity index (χ0n) is 8.18. The summed E-state index contributed by atoms with van der Waals surface area (Å²) in [6, 6.07) is 1.84. The molecule has 0 amide bonds. The van der Waals surface area contributed by atoms with Gasteiger partial charge in [0.15, 0.2) is 5.78 Å². The van der Waals surface area contributed by atoms with E-state index in [1.165, 1.54) is 19.3 Å². The maximum Gasteiger partial charge on any atom is 0.164 e. The summed E-state index contributed by atoms with van der Waals surface area (Å²) in [5.41, 5.74) is 0.816. The molecule has 1 aromatic rings. The molecule has 0 fully saturated rings. The maximum atomic E-state index is 11.4. The van der Waals surface area contributed by atoms with Gasteiger partial charge in [0.25, 0.3) is 0 Å². The molecule has 0 aliphatic rings. The highest BCUT2D eigenvalue weighted by molar-refractivity contribution is 5.95. The number of carbonyl (C=O) groups is 1. The third-order valence-corrected chi connectivity index (χ3v) is 2.18. The van der Waals surface area contributed by atoms with Crippen LogP contribution in [0.3, 0.4) is 0 Å². The van der Waals surface area contributed by atoms with Gasteiger partial charge >= 0.3 is 0 Å². The van der Waals surface area contributed by atoms with Crippen molar-refractivity contribution in [3.8, 4) is 0 Å². The predicted octanol–water partition coefficient (Wildman–Crippen LogP) is 3.17. The average molecular weight is 179 g/mol. The molecule has 0 aromatic carbocycles. The second-order valence-corrected chi connectivity index (χ2v) is 3.33. The van der Waals surface area contributed by atoms with E-state index in [4.69, 9.17) is 0 Å². The smallest absolute Gasteiger partial charge is 0.164 e. The Bertz CT molecular complexity index is 239. The minimum Gasteiger partial charge on any atom is -0.367 e. The molecule has 0 saturated carbocycles. The highest BCUT2D eigenvalue weighted by Crippen LogP contribution is 2.08. The minimum absolute atomic E-state index is 0.261. The van der Waals surface area contributed by atoms with Crippen molar-refractivity contribution in [3.63, 3.8) is 0 Å². The minimum atomic E-state index is 0.261. The Morgan fingerprint density at radius 2 is 2.23 bits per heavy atom. The number of aromatic nitrogens is 1. The van der Waals surface area contributed by atoms with Crippen molar-refractivity contribution in [2.24, 2.45) is 0 Å². The van der Waals surface area contributed by atoms with Gasteiger partial charge in [-0.3, -0.25) is 4.79 Å². The number of aromatic amines is 1. The first-order valence-corrected chi connectivity index (χ1v) is 5.00. The number of unbranched alkanes of at least 4 members (excludes halogenated alkanes) is 3. The van der Waals surface area contributed by atoms with Crippen LogP contribution in [0, 0.1) is 0 Å². The molecule has 1 heterocycles. The van der Waals surface area contributed by atoms with Crippen molar-refractivity contribution in [2.75, 3.05) is 0 Å². The lowest BCUT2D eigenvalue weighted by Crippen LogP contribution is -1.96. The lowest BCUT2D eigenvalue weighted by molar-refractivity contribution is 0.0979. The Labute approximate surface area is 79.4 Å². The Morgan fingerprint density at radius 3 is 2.85 bits per heavy atom. The van der Waals surface area contributed by atoms with Crippen molar-refractivity contribution >= 4 is 5.78 Å². The summed E-state index contributed by atoms with van der Waals surface area (Å²) < 4.78 is 0. The molecule has 0 aliphatic heterocycles. The van der Waals surface area contributed by atoms with Crippen LogP contribution in [0.15, 0.2) is 18.5 Å². The first-order chi connectivity index (χ1) is 6.34. The normalized spacial score (nSPS) is 10.2. The summed E-state index contributed by atoms with van der Waals surface area (Å²) in [5, 5.41) is 0. The molecule has 0 saturated heterocycles. The molecule has 72 valence electrons. The van der Waals surface area contributed by atoms with E-state index in [-0.39, 0.29) is 5.78 Å². The Hall–Kier alpha value is -1.05. The third kappa shape index (κ3) is 3.45. The molecule has 0 aliphatic carbocycles. The number of H-pyrrole nitrogens is 1. The fraction of sp³-hybridized carbons (Fsp3) is 0.545. The van der Waals surface area contributed by atoms with Crippen LogP contribution in [0.2, 0.25) is 0 Å². The van der Waals surface area contributed by atoms with Gasteiger partial charge in [0.1, 0.15) is 0 Å². The van der Waals surface area contributed by atoms with Crippen LogP contribution in [-0.4, -0.2) is 10.8 Å². The van der Waals surface area contributed by atoms with E-state index in [2.05, 4.69) is 11.9 Å². The average Bonchev–Trinajstić information content (AvgIpc) is 2.65. The van der Waals surface area contributed by atoms with Crippen LogP contribution in [0.1, 0.15) is 49.4 Å². The highest BCUT2D eigenvalue weighted by atomic mass is 16.1. The van der Waals surface area contributed by atoms with Gasteiger partial charge in [-0.05, 0) is 12.5 Å². The van der Waals surface area contributed by atoms with Crippen molar-refractivity contribution in [2.45, 2.75) is 39.0 Å². The lowest BCUT2D eigenvalue weighted by atomic mass is 10.1. The van der Waals surface area contributed by atoms with Crippen LogP contribution in [0.5, 0.6) is 0 Å². The van der Waals surface area contributed by atoms with Gasteiger partial charge in [0.2, 0.25) is 0 Å². The number of ketones is 1. The molecular formula is C11H17NO. The number of hydrogen-bond donors (Lipinski definition) is 1. The summed E-state index contributed by atoms with van der Waals surface area (Å²) >= 11 is 0. The van der Waals surface area contributed by atoms with Crippen molar-refractivity contribution < 1.29 is 4.79 Å². The molecule has 13 heavy (non-hydrogen) atoms. The molecule has 0 radical (unpaired) electrons. The van der Waals surface area contributed by atoms with E-state index in [1.54, 1.807) is 12.4 Å². The first kappa shape index (κ1) is 10.0. The van der Waals surface area contributed by atoms with Crippen LogP contribution in [0.4, 0.5) is 0 Å². The molecule has 0 spiro atoms. The van der Waals surface area contributed by atoms with Gasteiger partial charge in [-0.2, -0.15) is 0 Å². The standard InChI is InChI=1S/C11H17NO/c1-2-3-4-5-6-11(13)10-7-8-12-9-10/h7-9,12H,2-6H2,1H3. The van der Waals surface area contributed by atoms with Crippen LogP contribution in [0.25, 0.3) is 0 Å². The van der Waals surface area contributed by atoms with Gasteiger partial charge in [-0.1, -0.05) is 26.2 Å². The molecule has 2 heteroatoms. The van der Waals surface area contributed by atoms with E-state index < -0.39 is 0 Å². The summed E-state index contributed by atoms with van der Waals surface area (Å²) in [5.74, 6) is 0.261. The number of Topliss-reactive ketones (excluding diaryl/α,β-unsaturated/α-hetero) is 1. The molecule has 1 aromatic heterocycles. The van der Waals surface area contributed by atoms with E-state index >= 15 is 0 Å². The molecular weight excluding hydrogens is 162 g/mol. The molecule has 1 rings (SSSR count). The topological polar surface area (TPSA) is 32.9 Å². The zero-order chi connectivity index (χ0) is 9.52. The van der Waals surface area contributed by atoms with Crippen molar-refractivity contribution in [3.05, 3.63) is 24.0 Å². The fourth-order valence-electron chi connectivity index (χ4n) is 1.35. The second kappa shape index (κ2) is 5.57. The van der Waals surface area contributed by atoms with Gasteiger partial charge in [0, 0.05) is 24.4 Å². The van der Waals surface area contributed by atoms with E-state index in [0.29, 0.717) is 6.42 Å². The van der Waals surface area contributed by atoms with E-state index in [1.807, 2.05) is 6.07 Å².